The van der Waals surface area contributed by atoms with E-state index in [1.165, 1.54) is 5.56 Å². The van der Waals surface area contributed by atoms with Gasteiger partial charge >= 0.3 is 0 Å². The highest BCUT2D eigenvalue weighted by Crippen LogP contribution is 2.38. The predicted molar refractivity (Wildman–Crippen MR) is 109 cm³/mol. The fourth-order valence-corrected chi connectivity index (χ4v) is 3.66. The van der Waals surface area contributed by atoms with Crippen molar-refractivity contribution in [2.24, 2.45) is 0 Å². The topological polar surface area (TPSA) is 48.0 Å². The number of likely N-dealkylation sites (tertiary alicyclic amines) is 1. The molecule has 150 valence electrons. The largest absolute Gasteiger partial charge is 0.497 e. The SMILES string of the molecule is COc1ccc(C2CCCN2C(=O)COc2ccc(C(C)C)cc2)c(OC)c1. The summed E-state index contributed by atoms with van der Waals surface area (Å²) in [7, 11) is 3.27. The van der Waals surface area contributed by atoms with Crippen LogP contribution in [0.3, 0.4) is 0 Å². The van der Waals surface area contributed by atoms with Crippen LogP contribution in [-0.2, 0) is 4.79 Å². The Labute approximate surface area is 167 Å². The summed E-state index contributed by atoms with van der Waals surface area (Å²) in [6.45, 7) is 5.07. The summed E-state index contributed by atoms with van der Waals surface area (Å²) in [5.74, 6) is 2.67. The fraction of sp³-hybridized carbons (Fsp3) is 0.435. The van der Waals surface area contributed by atoms with Crippen LogP contribution in [0.5, 0.6) is 17.2 Å². The molecule has 1 aliphatic heterocycles. The van der Waals surface area contributed by atoms with E-state index in [1.54, 1.807) is 14.2 Å². The molecule has 5 nitrogen and oxygen atoms in total. The Morgan fingerprint density at radius 2 is 1.79 bits per heavy atom. The molecule has 28 heavy (non-hydrogen) atoms. The molecule has 0 bridgehead atoms. The van der Waals surface area contributed by atoms with Crippen LogP contribution in [0.1, 0.15) is 49.8 Å². The van der Waals surface area contributed by atoms with Gasteiger partial charge in [-0.25, -0.2) is 0 Å². The molecule has 1 unspecified atom stereocenters. The Balaban J connectivity index is 1.68. The van der Waals surface area contributed by atoms with Gasteiger partial charge in [0.05, 0.1) is 20.3 Å². The highest BCUT2D eigenvalue weighted by atomic mass is 16.5. The van der Waals surface area contributed by atoms with E-state index in [1.807, 2.05) is 47.4 Å². The third-order valence-electron chi connectivity index (χ3n) is 5.28. The average Bonchev–Trinajstić information content (AvgIpc) is 3.21. The molecule has 2 aromatic carbocycles. The average molecular weight is 383 g/mol. The van der Waals surface area contributed by atoms with Crippen molar-refractivity contribution in [3.8, 4) is 17.2 Å². The van der Waals surface area contributed by atoms with Crippen LogP contribution in [0.2, 0.25) is 0 Å². The van der Waals surface area contributed by atoms with Crippen molar-refractivity contribution in [3.63, 3.8) is 0 Å². The lowest BCUT2D eigenvalue weighted by Gasteiger charge is -2.26. The number of nitrogens with zero attached hydrogens (tertiary/aromatic N) is 1. The van der Waals surface area contributed by atoms with E-state index in [2.05, 4.69) is 13.8 Å². The van der Waals surface area contributed by atoms with Gasteiger partial charge in [-0.15, -0.1) is 0 Å². The Hall–Kier alpha value is -2.69. The summed E-state index contributed by atoms with van der Waals surface area (Å²) >= 11 is 0. The first-order valence-corrected chi connectivity index (χ1v) is 9.77. The maximum Gasteiger partial charge on any atom is 0.261 e. The zero-order valence-electron chi connectivity index (χ0n) is 17.1. The molecule has 0 N–H and O–H groups in total. The minimum Gasteiger partial charge on any atom is -0.497 e. The molecule has 0 spiro atoms. The molecular weight excluding hydrogens is 354 g/mol. The number of methoxy groups -OCH3 is 2. The predicted octanol–water partition coefficient (Wildman–Crippen LogP) is 4.57. The number of hydrogen-bond donors (Lipinski definition) is 0. The molecule has 1 atom stereocenters. The number of ether oxygens (including phenoxy) is 3. The zero-order chi connectivity index (χ0) is 20.1. The third kappa shape index (κ3) is 4.41. The van der Waals surface area contributed by atoms with Crippen LogP contribution in [-0.4, -0.2) is 38.2 Å². The highest BCUT2D eigenvalue weighted by Gasteiger charge is 2.32. The van der Waals surface area contributed by atoms with Gasteiger partial charge in [0.1, 0.15) is 17.2 Å². The smallest absolute Gasteiger partial charge is 0.261 e. The second kappa shape index (κ2) is 9.00. The van der Waals surface area contributed by atoms with Gasteiger partial charge in [-0.2, -0.15) is 0 Å². The second-order valence-electron chi connectivity index (χ2n) is 7.37. The molecule has 0 saturated carbocycles. The molecule has 5 heteroatoms. The summed E-state index contributed by atoms with van der Waals surface area (Å²) in [6, 6.07) is 13.7. The van der Waals surface area contributed by atoms with Gasteiger partial charge in [0.25, 0.3) is 5.91 Å². The summed E-state index contributed by atoms with van der Waals surface area (Å²) in [4.78, 5) is 14.7. The summed E-state index contributed by atoms with van der Waals surface area (Å²) in [5, 5.41) is 0. The van der Waals surface area contributed by atoms with E-state index in [4.69, 9.17) is 14.2 Å². The first-order valence-electron chi connectivity index (χ1n) is 9.77. The minimum absolute atomic E-state index is 0.000253. The van der Waals surface area contributed by atoms with E-state index >= 15 is 0 Å². The van der Waals surface area contributed by atoms with Crippen LogP contribution in [0.15, 0.2) is 42.5 Å². The molecule has 0 aromatic heterocycles. The number of amides is 1. The van der Waals surface area contributed by atoms with E-state index in [-0.39, 0.29) is 18.6 Å². The minimum atomic E-state index is -0.00620. The molecule has 1 amide bonds. The molecule has 2 aromatic rings. The fourth-order valence-electron chi connectivity index (χ4n) is 3.66. The standard InChI is InChI=1S/C23H29NO4/c1-16(2)17-7-9-18(10-8-17)28-15-23(25)24-13-5-6-21(24)20-12-11-19(26-3)14-22(20)27-4/h7-12,14,16,21H,5-6,13,15H2,1-4H3. The van der Waals surface area contributed by atoms with Crippen molar-refractivity contribution in [2.75, 3.05) is 27.4 Å². The Kier molecular flexibility index (Phi) is 6.45. The van der Waals surface area contributed by atoms with Gasteiger partial charge in [0, 0.05) is 18.2 Å². The Morgan fingerprint density at radius 1 is 1.07 bits per heavy atom. The monoisotopic (exact) mass is 383 g/mol. The summed E-state index contributed by atoms with van der Waals surface area (Å²) < 4.78 is 16.6. The zero-order valence-corrected chi connectivity index (χ0v) is 17.1. The normalized spacial score (nSPS) is 16.3. The van der Waals surface area contributed by atoms with Crippen molar-refractivity contribution in [1.29, 1.82) is 0 Å². The van der Waals surface area contributed by atoms with Crippen molar-refractivity contribution in [3.05, 3.63) is 53.6 Å². The number of benzene rings is 2. The molecule has 1 saturated heterocycles. The molecular formula is C23H29NO4. The third-order valence-corrected chi connectivity index (χ3v) is 5.28. The van der Waals surface area contributed by atoms with Crippen LogP contribution in [0, 0.1) is 0 Å². The molecule has 0 radical (unpaired) electrons. The number of rotatable bonds is 7. The van der Waals surface area contributed by atoms with Crippen LogP contribution < -0.4 is 14.2 Å². The van der Waals surface area contributed by atoms with Crippen molar-refractivity contribution >= 4 is 5.91 Å². The van der Waals surface area contributed by atoms with Gasteiger partial charge in [-0.3, -0.25) is 4.79 Å². The molecule has 0 aliphatic carbocycles. The van der Waals surface area contributed by atoms with Gasteiger partial charge in [-0.1, -0.05) is 26.0 Å². The van der Waals surface area contributed by atoms with E-state index in [0.29, 0.717) is 5.92 Å². The van der Waals surface area contributed by atoms with Crippen LogP contribution >= 0.6 is 0 Å². The molecule has 1 fully saturated rings. The molecule has 1 heterocycles. The second-order valence-corrected chi connectivity index (χ2v) is 7.37. The van der Waals surface area contributed by atoms with E-state index in [0.717, 1.165) is 42.2 Å². The lowest BCUT2D eigenvalue weighted by molar-refractivity contribution is -0.134. The van der Waals surface area contributed by atoms with Crippen molar-refractivity contribution in [1.82, 2.24) is 4.90 Å². The van der Waals surface area contributed by atoms with Gasteiger partial charge < -0.3 is 19.1 Å². The summed E-state index contributed by atoms with van der Waals surface area (Å²) in [6.07, 6.45) is 1.88. The Bertz CT molecular complexity index is 801. The van der Waals surface area contributed by atoms with E-state index in [9.17, 15) is 4.79 Å². The highest BCUT2D eigenvalue weighted by molar-refractivity contribution is 5.78. The molecule has 3 rings (SSSR count). The number of hydrogen-bond acceptors (Lipinski definition) is 4. The number of carbonyl (C=O) groups is 1. The Morgan fingerprint density at radius 3 is 2.43 bits per heavy atom. The van der Waals surface area contributed by atoms with Gasteiger partial charge in [-0.05, 0) is 48.6 Å². The van der Waals surface area contributed by atoms with Crippen LogP contribution in [0.25, 0.3) is 0 Å². The first-order chi connectivity index (χ1) is 13.5. The van der Waals surface area contributed by atoms with Gasteiger partial charge in [0.15, 0.2) is 6.61 Å². The van der Waals surface area contributed by atoms with Crippen molar-refractivity contribution < 1.29 is 19.0 Å². The lowest BCUT2D eigenvalue weighted by Crippen LogP contribution is -2.34. The number of carbonyl (C=O) groups excluding carboxylic acids is 1. The summed E-state index contributed by atoms with van der Waals surface area (Å²) in [5.41, 5.74) is 2.26. The van der Waals surface area contributed by atoms with Crippen molar-refractivity contribution in [2.45, 2.75) is 38.6 Å². The van der Waals surface area contributed by atoms with E-state index < -0.39 is 0 Å². The first kappa shape index (κ1) is 20.1. The molecule has 1 aliphatic rings. The van der Waals surface area contributed by atoms with Gasteiger partial charge in [0.2, 0.25) is 0 Å². The maximum absolute atomic E-state index is 12.8. The van der Waals surface area contributed by atoms with Crippen LogP contribution in [0.4, 0.5) is 0 Å². The maximum atomic E-state index is 12.8. The quantitative estimate of drug-likeness (QED) is 0.703. The lowest BCUT2D eigenvalue weighted by atomic mass is 10.0.